The minimum absolute atomic E-state index is 0.144. The van der Waals surface area contributed by atoms with Crippen LogP contribution in [0.4, 0.5) is 10.5 Å². The van der Waals surface area contributed by atoms with Gasteiger partial charge in [-0.1, -0.05) is 19.0 Å². The second-order valence-electron chi connectivity index (χ2n) is 5.03. The average Bonchev–Trinajstić information content (AvgIpc) is 2.96. The van der Waals surface area contributed by atoms with Crippen LogP contribution in [0.1, 0.15) is 37.2 Å². The molecule has 2 aromatic rings. The lowest BCUT2D eigenvalue weighted by atomic mass is 10.2. The Morgan fingerprint density at radius 1 is 1.50 bits per heavy atom. The number of pyridine rings is 1. The van der Waals surface area contributed by atoms with Gasteiger partial charge in [0.05, 0.1) is 18.4 Å². The van der Waals surface area contributed by atoms with Crippen LogP contribution >= 0.6 is 0 Å². The average molecular weight is 300 g/mol. The summed E-state index contributed by atoms with van der Waals surface area (Å²) in [5.74, 6) is 1.13. The van der Waals surface area contributed by atoms with E-state index in [9.17, 15) is 4.79 Å². The molecule has 0 spiro atoms. The van der Waals surface area contributed by atoms with Gasteiger partial charge in [-0.3, -0.25) is 0 Å². The van der Waals surface area contributed by atoms with E-state index >= 15 is 0 Å². The Labute approximate surface area is 127 Å². The van der Waals surface area contributed by atoms with Gasteiger partial charge in [0.25, 0.3) is 0 Å². The van der Waals surface area contributed by atoms with Crippen LogP contribution in [-0.4, -0.2) is 33.1 Å². The number of aromatic nitrogens is 3. The summed E-state index contributed by atoms with van der Waals surface area (Å²) in [5.41, 5.74) is 0.797. The molecule has 2 amide bonds. The van der Waals surface area contributed by atoms with Crippen LogP contribution in [0.3, 0.4) is 0 Å². The fourth-order valence-electron chi connectivity index (χ4n) is 1.60. The summed E-state index contributed by atoms with van der Waals surface area (Å²) >= 11 is 0. The predicted octanol–water partition coefficient (Wildman–Crippen LogP) is 2.12. The monoisotopic (exact) mass is 300 g/mol. The molecule has 0 aliphatic heterocycles. The summed E-state index contributed by atoms with van der Waals surface area (Å²) in [7, 11) is 1.62. The highest BCUT2D eigenvalue weighted by Gasteiger charge is 2.15. The van der Waals surface area contributed by atoms with Crippen molar-refractivity contribution in [3.63, 3.8) is 0 Å². The van der Waals surface area contributed by atoms with E-state index in [-0.39, 0.29) is 18.5 Å². The highest BCUT2D eigenvalue weighted by atomic mass is 16.5. The van der Waals surface area contributed by atoms with Crippen LogP contribution in [-0.2, 0) is 6.54 Å². The molecule has 1 N–H and O–H groups in total. The molecular formula is C14H16N6O2. The molecule has 22 heavy (non-hydrogen) atoms. The fraction of sp³-hybridized carbons (Fsp3) is 0.357. The van der Waals surface area contributed by atoms with Crippen molar-refractivity contribution in [2.45, 2.75) is 26.3 Å². The highest BCUT2D eigenvalue weighted by Crippen LogP contribution is 2.12. The molecule has 0 fully saturated rings. The van der Waals surface area contributed by atoms with E-state index in [4.69, 9.17) is 9.78 Å². The summed E-state index contributed by atoms with van der Waals surface area (Å²) in [6, 6.07) is 4.73. The lowest BCUT2D eigenvalue weighted by Gasteiger charge is -2.15. The molecule has 0 atom stereocenters. The third kappa shape index (κ3) is 3.79. The molecule has 0 unspecified atom stereocenters. The van der Waals surface area contributed by atoms with Crippen LogP contribution in [0.15, 0.2) is 22.9 Å². The number of urea groups is 1. The molecular weight excluding hydrogens is 284 g/mol. The lowest BCUT2D eigenvalue weighted by Crippen LogP contribution is -2.31. The van der Waals surface area contributed by atoms with E-state index in [1.54, 1.807) is 13.1 Å². The maximum absolute atomic E-state index is 12.0. The first-order valence-corrected chi connectivity index (χ1v) is 6.70. The Morgan fingerprint density at radius 3 is 2.82 bits per heavy atom. The van der Waals surface area contributed by atoms with Crippen molar-refractivity contribution in [3.8, 4) is 6.07 Å². The third-order valence-corrected chi connectivity index (χ3v) is 2.83. The molecule has 0 saturated heterocycles. The summed E-state index contributed by atoms with van der Waals surface area (Å²) in [5, 5.41) is 15.2. The van der Waals surface area contributed by atoms with Crippen molar-refractivity contribution >= 4 is 11.7 Å². The number of amides is 2. The summed E-state index contributed by atoms with van der Waals surface area (Å²) in [6.07, 6.45) is 1.43. The number of anilines is 1. The molecule has 8 heteroatoms. The van der Waals surface area contributed by atoms with Crippen molar-refractivity contribution in [2.75, 3.05) is 12.4 Å². The van der Waals surface area contributed by atoms with Crippen LogP contribution in [0.2, 0.25) is 0 Å². The number of rotatable bonds is 4. The molecule has 0 radical (unpaired) electrons. The second-order valence-corrected chi connectivity index (χ2v) is 5.03. The van der Waals surface area contributed by atoms with E-state index in [0.29, 0.717) is 23.1 Å². The van der Waals surface area contributed by atoms with Gasteiger partial charge in [0.15, 0.2) is 5.82 Å². The minimum atomic E-state index is -0.331. The molecule has 114 valence electrons. The van der Waals surface area contributed by atoms with E-state index in [1.807, 2.05) is 19.9 Å². The van der Waals surface area contributed by atoms with Crippen molar-refractivity contribution < 1.29 is 9.32 Å². The van der Waals surface area contributed by atoms with Crippen LogP contribution in [0.5, 0.6) is 0 Å². The zero-order valence-corrected chi connectivity index (χ0v) is 12.6. The Morgan fingerprint density at radius 2 is 2.27 bits per heavy atom. The molecule has 0 aromatic carbocycles. The Bertz CT molecular complexity index is 686. The van der Waals surface area contributed by atoms with Gasteiger partial charge in [0, 0.05) is 13.0 Å². The van der Waals surface area contributed by atoms with Crippen molar-refractivity contribution in [2.24, 2.45) is 0 Å². The first kappa shape index (κ1) is 15.4. The van der Waals surface area contributed by atoms with Crippen LogP contribution < -0.4 is 5.32 Å². The molecule has 2 rings (SSSR count). The Balaban J connectivity index is 1.94. The zero-order valence-electron chi connectivity index (χ0n) is 12.6. The molecule has 0 bridgehead atoms. The van der Waals surface area contributed by atoms with Gasteiger partial charge in [0.1, 0.15) is 11.8 Å². The van der Waals surface area contributed by atoms with Gasteiger partial charge < -0.3 is 14.7 Å². The van der Waals surface area contributed by atoms with Crippen LogP contribution in [0.25, 0.3) is 0 Å². The lowest BCUT2D eigenvalue weighted by molar-refractivity contribution is 0.219. The van der Waals surface area contributed by atoms with Crippen LogP contribution in [0, 0.1) is 11.3 Å². The molecule has 0 aliphatic rings. The zero-order chi connectivity index (χ0) is 16.1. The number of nitrogens with one attached hydrogen (secondary N) is 1. The van der Waals surface area contributed by atoms with Crippen molar-refractivity contribution in [1.29, 1.82) is 5.26 Å². The van der Waals surface area contributed by atoms with Gasteiger partial charge in [-0.05, 0) is 12.1 Å². The van der Waals surface area contributed by atoms with E-state index in [2.05, 4.69) is 20.4 Å². The van der Waals surface area contributed by atoms with Gasteiger partial charge in [-0.2, -0.15) is 10.2 Å². The standard InChI is InChI=1S/C14H16N6O2/c1-9(2)13-18-12(19-22-13)8-20(3)14(21)17-11-5-4-10(6-15)16-7-11/h4-5,7,9H,8H2,1-3H3,(H,17,21). The maximum atomic E-state index is 12.0. The molecule has 0 aliphatic carbocycles. The number of nitrogens with zero attached hydrogens (tertiary/aromatic N) is 5. The third-order valence-electron chi connectivity index (χ3n) is 2.83. The molecule has 2 aromatic heterocycles. The number of hydrogen-bond acceptors (Lipinski definition) is 6. The van der Waals surface area contributed by atoms with Gasteiger partial charge >= 0.3 is 6.03 Å². The smallest absolute Gasteiger partial charge is 0.322 e. The quantitative estimate of drug-likeness (QED) is 0.926. The number of nitriles is 1. The molecule has 0 saturated carbocycles. The second kappa shape index (κ2) is 6.67. The largest absolute Gasteiger partial charge is 0.339 e. The maximum Gasteiger partial charge on any atom is 0.322 e. The first-order chi connectivity index (χ1) is 10.5. The Hall–Kier alpha value is -2.95. The summed E-state index contributed by atoms with van der Waals surface area (Å²) in [6.45, 7) is 4.13. The topological polar surface area (TPSA) is 108 Å². The normalized spacial score (nSPS) is 10.3. The van der Waals surface area contributed by atoms with E-state index in [1.165, 1.54) is 17.2 Å². The summed E-state index contributed by atoms with van der Waals surface area (Å²) < 4.78 is 5.09. The van der Waals surface area contributed by atoms with Crippen molar-refractivity contribution in [1.82, 2.24) is 20.0 Å². The van der Waals surface area contributed by atoms with Crippen molar-refractivity contribution in [3.05, 3.63) is 35.7 Å². The fourth-order valence-corrected chi connectivity index (χ4v) is 1.60. The van der Waals surface area contributed by atoms with Gasteiger partial charge in [0.2, 0.25) is 5.89 Å². The Kier molecular flexibility index (Phi) is 4.68. The van der Waals surface area contributed by atoms with E-state index in [0.717, 1.165) is 0 Å². The number of hydrogen-bond donors (Lipinski definition) is 1. The first-order valence-electron chi connectivity index (χ1n) is 6.70. The molecule has 2 heterocycles. The van der Waals surface area contributed by atoms with Gasteiger partial charge in [-0.25, -0.2) is 9.78 Å². The van der Waals surface area contributed by atoms with Gasteiger partial charge in [-0.15, -0.1) is 0 Å². The highest BCUT2D eigenvalue weighted by molar-refractivity contribution is 5.88. The van der Waals surface area contributed by atoms with E-state index < -0.39 is 0 Å². The summed E-state index contributed by atoms with van der Waals surface area (Å²) in [4.78, 5) is 21.6. The SMILES string of the molecule is CC(C)c1nc(CN(C)C(=O)Nc2ccc(C#N)nc2)no1. The number of carbonyl (C=O) groups is 1. The predicted molar refractivity (Wildman–Crippen MR) is 77.8 cm³/mol. The molecule has 8 nitrogen and oxygen atoms in total. The minimum Gasteiger partial charge on any atom is -0.339 e. The number of carbonyl (C=O) groups excluding carboxylic acids is 1.